The number of ether oxygens (including phenoxy) is 2. The van der Waals surface area contributed by atoms with Crippen LogP contribution < -0.4 is 4.74 Å². The van der Waals surface area contributed by atoms with Gasteiger partial charge in [-0.2, -0.15) is 0 Å². The van der Waals surface area contributed by atoms with Gasteiger partial charge in [-0.05, 0) is 24.3 Å². The summed E-state index contributed by atoms with van der Waals surface area (Å²) in [5.74, 6) is -0.869. The predicted molar refractivity (Wildman–Crippen MR) is 75.3 cm³/mol. The zero-order chi connectivity index (χ0) is 15.2. The average molecular weight is 356 g/mol. The molecule has 0 radical (unpaired) electrons. The minimum Gasteiger partial charge on any atom is -0.490 e. The summed E-state index contributed by atoms with van der Waals surface area (Å²) in [6.45, 7) is 0.158. The number of esters is 1. The topological polar surface area (TPSA) is 91.8 Å². The third kappa shape index (κ3) is 4.32. The number of hydrogen-bond acceptors (Lipinski definition) is 6. The van der Waals surface area contributed by atoms with Gasteiger partial charge in [-0.3, -0.25) is 10.1 Å². The fourth-order valence-electron chi connectivity index (χ4n) is 1.46. The molecule has 0 spiro atoms. The van der Waals surface area contributed by atoms with Crippen molar-refractivity contribution in [2.75, 3.05) is 13.2 Å². The highest BCUT2D eigenvalue weighted by Crippen LogP contribution is 2.18. The van der Waals surface area contributed by atoms with Crippen molar-refractivity contribution < 1.29 is 23.6 Å². The normalized spacial score (nSPS) is 10.1. The van der Waals surface area contributed by atoms with E-state index in [1.165, 1.54) is 6.07 Å². The Bertz CT molecular complexity index is 654. The lowest BCUT2D eigenvalue weighted by Gasteiger charge is -2.06. The first-order valence-corrected chi connectivity index (χ1v) is 6.65. The Hall–Kier alpha value is -2.35. The van der Waals surface area contributed by atoms with Crippen LogP contribution in [0.5, 0.6) is 5.75 Å². The number of halogens is 1. The Balaban J connectivity index is 1.77. The molecule has 110 valence electrons. The van der Waals surface area contributed by atoms with Crippen molar-refractivity contribution in [2.45, 2.75) is 0 Å². The summed E-state index contributed by atoms with van der Waals surface area (Å²) in [6, 6.07) is 9.49. The molecule has 21 heavy (non-hydrogen) atoms. The lowest BCUT2D eigenvalue weighted by molar-refractivity contribution is -0.402. The summed E-state index contributed by atoms with van der Waals surface area (Å²) in [5.41, 5.74) is 0. The van der Waals surface area contributed by atoms with Crippen LogP contribution in [0.4, 0.5) is 5.88 Å². The van der Waals surface area contributed by atoms with Crippen molar-refractivity contribution in [3.05, 3.63) is 56.7 Å². The van der Waals surface area contributed by atoms with Gasteiger partial charge in [0.05, 0.1) is 6.07 Å². The minimum atomic E-state index is -0.777. The SMILES string of the molecule is O=C(OCCOc1cccc(Br)c1)c1ccc([N+](=O)[O-])o1. The number of carbonyl (C=O) groups excluding carboxylic acids is 1. The summed E-state index contributed by atoms with van der Waals surface area (Å²) in [6.07, 6.45) is 0. The molecule has 0 bridgehead atoms. The zero-order valence-electron chi connectivity index (χ0n) is 10.7. The molecule has 0 N–H and O–H groups in total. The quantitative estimate of drug-likeness (QED) is 0.342. The van der Waals surface area contributed by atoms with Gasteiger partial charge in [0.25, 0.3) is 0 Å². The third-order valence-electron chi connectivity index (χ3n) is 2.35. The van der Waals surface area contributed by atoms with Crippen LogP contribution in [0, 0.1) is 10.1 Å². The van der Waals surface area contributed by atoms with Crippen LogP contribution in [0.2, 0.25) is 0 Å². The van der Waals surface area contributed by atoms with Crippen LogP contribution >= 0.6 is 15.9 Å². The summed E-state index contributed by atoms with van der Waals surface area (Å²) in [4.78, 5) is 21.2. The highest BCUT2D eigenvalue weighted by molar-refractivity contribution is 9.10. The van der Waals surface area contributed by atoms with Gasteiger partial charge in [-0.15, -0.1) is 0 Å². The van der Waals surface area contributed by atoms with E-state index in [2.05, 4.69) is 15.9 Å². The lowest BCUT2D eigenvalue weighted by atomic mass is 10.3. The molecule has 0 fully saturated rings. The summed E-state index contributed by atoms with van der Waals surface area (Å²) in [5, 5.41) is 10.4. The molecule has 1 heterocycles. The van der Waals surface area contributed by atoms with Crippen molar-refractivity contribution in [2.24, 2.45) is 0 Å². The first kappa shape index (κ1) is 15.0. The van der Waals surface area contributed by atoms with Crippen molar-refractivity contribution in [1.29, 1.82) is 0 Å². The number of furan rings is 1. The molecule has 1 aromatic heterocycles. The second-order valence-corrected chi connectivity index (χ2v) is 4.75. The molecule has 8 heteroatoms. The van der Waals surface area contributed by atoms with E-state index in [1.54, 1.807) is 12.1 Å². The molecule has 2 rings (SSSR count). The average Bonchev–Trinajstić information content (AvgIpc) is 2.93. The molecule has 1 aromatic carbocycles. The molecule has 0 unspecified atom stereocenters. The van der Waals surface area contributed by atoms with Crippen molar-refractivity contribution in [1.82, 2.24) is 0 Å². The smallest absolute Gasteiger partial charge is 0.433 e. The Labute approximate surface area is 127 Å². The predicted octanol–water partition coefficient (Wildman–Crippen LogP) is 3.19. The standard InChI is InChI=1S/C13H10BrNO6/c14-9-2-1-3-10(8-9)19-6-7-20-13(16)11-4-5-12(21-11)15(17)18/h1-5,8H,6-7H2. The van der Waals surface area contributed by atoms with Gasteiger partial charge in [0.15, 0.2) is 0 Å². The molecule has 2 aromatic rings. The van der Waals surface area contributed by atoms with Crippen LogP contribution in [-0.4, -0.2) is 24.1 Å². The molecule has 0 saturated carbocycles. The Morgan fingerprint density at radius 1 is 1.29 bits per heavy atom. The maximum atomic E-state index is 11.5. The maximum Gasteiger partial charge on any atom is 0.433 e. The highest BCUT2D eigenvalue weighted by atomic mass is 79.9. The molecule has 0 saturated heterocycles. The Morgan fingerprint density at radius 3 is 2.76 bits per heavy atom. The van der Waals surface area contributed by atoms with Gasteiger partial charge in [0.1, 0.15) is 23.9 Å². The fourth-order valence-corrected chi connectivity index (χ4v) is 1.84. The summed E-state index contributed by atoms with van der Waals surface area (Å²) in [7, 11) is 0. The number of nitrogens with zero attached hydrogens (tertiary/aromatic N) is 1. The molecule has 7 nitrogen and oxygen atoms in total. The van der Waals surface area contributed by atoms with E-state index < -0.39 is 16.8 Å². The van der Waals surface area contributed by atoms with Crippen LogP contribution in [0.25, 0.3) is 0 Å². The third-order valence-corrected chi connectivity index (χ3v) is 2.85. The highest BCUT2D eigenvalue weighted by Gasteiger charge is 2.18. The molecule has 0 aliphatic carbocycles. The fraction of sp³-hybridized carbons (Fsp3) is 0.154. The van der Waals surface area contributed by atoms with Gasteiger partial charge < -0.3 is 13.9 Å². The minimum absolute atomic E-state index is 0.000154. The largest absolute Gasteiger partial charge is 0.490 e. The van der Waals surface area contributed by atoms with Crippen LogP contribution in [0.15, 0.2) is 45.3 Å². The summed E-state index contributed by atoms with van der Waals surface area (Å²) < 4.78 is 15.8. The number of benzene rings is 1. The molecular formula is C13H10BrNO6. The van der Waals surface area contributed by atoms with E-state index >= 15 is 0 Å². The van der Waals surface area contributed by atoms with E-state index in [4.69, 9.17) is 13.9 Å². The molecular weight excluding hydrogens is 346 g/mol. The van der Waals surface area contributed by atoms with Crippen molar-refractivity contribution in [3.63, 3.8) is 0 Å². The molecule has 0 aliphatic rings. The van der Waals surface area contributed by atoms with Crippen molar-refractivity contribution in [3.8, 4) is 5.75 Å². The number of nitro groups is 1. The second kappa shape index (κ2) is 6.89. The van der Waals surface area contributed by atoms with Crippen LogP contribution in [-0.2, 0) is 4.74 Å². The maximum absolute atomic E-state index is 11.5. The molecule has 0 aliphatic heterocycles. The molecule has 0 atom stereocenters. The first-order valence-electron chi connectivity index (χ1n) is 5.86. The second-order valence-electron chi connectivity index (χ2n) is 3.84. The summed E-state index contributed by atoms with van der Waals surface area (Å²) >= 11 is 3.31. The van der Waals surface area contributed by atoms with E-state index in [9.17, 15) is 14.9 Å². The van der Waals surface area contributed by atoms with Gasteiger partial charge >= 0.3 is 11.9 Å². The van der Waals surface area contributed by atoms with Gasteiger partial charge in [-0.1, -0.05) is 22.0 Å². The Kier molecular flexibility index (Phi) is 4.94. The monoisotopic (exact) mass is 355 g/mol. The van der Waals surface area contributed by atoms with Crippen LogP contribution in [0.3, 0.4) is 0 Å². The van der Waals surface area contributed by atoms with Crippen molar-refractivity contribution >= 4 is 27.8 Å². The first-order chi connectivity index (χ1) is 10.1. The van der Waals surface area contributed by atoms with Gasteiger partial charge in [-0.25, -0.2) is 4.79 Å². The molecule has 0 amide bonds. The number of hydrogen-bond donors (Lipinski definition) is 0. The zero-order valence-corrected chi connectivity index (χ0v) is 12.2. The number of rotatable bonds is 6. The number of carbonyl (C=O) groups is 1. The lowest BCUT2D eigenvalue weighted by Crippen LogP contribution is -2.11. The van der Waals surface area contributed by atoms with Gasteiger partial charge in [0.2, 0.25) is 5.76 Å². The van der Waals surface area contributed by atoms with Gasteiger partial charge in [0, 0.05) is 4.47 Å². The Morgan fingerprint density at radius 2 is 2.10 bits per heavy atom. The van der Waals surface area contributed by atoms with E-state index in [0.29, 0.717) is 5.75 Å². The van der Waals surface area contributed by atoms with E-state index in [0.717, 1.165) is 10.5 Å². The van der Waals surface area contributed by atoms with Crippen LogP contribution in [0.1, 0.15) is 10.6 Å². The van der Waals surface area contributed by atoms with E-state index in [1.807, 2.05) is 12.1 Å². The van der Waals surface area contributed by atoms with E-state index in [-0.39, 0.29) is 19.0 Å².